The molecule has 0 spiro atoms. The lowest BCUT2D eigenvalue weighted by Gasteiger charge is -2.02. The number of amides is 1. The summed E-state index contributed by atoms with van der Waals surface area (Å²) in [5.74, 6) is -2.25. The van der Waals surface area contributed by atoms with Gasteiger partial charge in [-0.1, -0.05) is 6.08 Å². The van der Waals surface area contributed by atoms with Crippen molar-refractivity contribution in [2.45, 2.75) is 13.3 Å². The molecule has 0 radical (unpaired) electrons. The molecule has 0 aliphatic heterocycles. The fraction of sp³-hybridized carbons (Fsp3) is 0.333. The van der Waals surface area contributed by atoms with Gasteiger partial charge in [-0.2, -0.15) is 4.39 Å². The van der Waals surface area contributed by atoms with Gasteiger partial charge in [-0.3, -0.25) is 4.79 Å². The summed E-state index contributed by atoms with van der Waals surface area (Å²) >= 11 is 0. The number of primary amides is 1. The largest absolute Gasteiger partial charge is 0.418 e. The first-order valence-corrected chi connectivity index (χ1v) is 2.84. The van der Waals surface area contributed by atoms with Crippen LogP contribution in [0.4, 0.5) is 4.39 Å². The Hall–Kier alpha value is -1.39. The SMILES string of the molecule is C/C=C/C(=O)OC(F)C(N)=O. The van der Waals surface area contributed by atoms with Crippen LogP contribution in [-0.4, -0.2) is 18.2 Å². The van der Waals surface area contributed by atoms with Gasteiger partial charge in [0.25, 0.3) is 5.91 Å². The molecule has 1 amide bonds. The van der Waals surface area contributed by atoms with E-state index in [1.165, 1.54) is 6.08 Å². The zero-order valence-corrected chi connectivity index (χ0v) is 5.91. The summed E-state index contributed by atoms with van der Waals surface area (Å²) in [6, 6.07) is 0. The number of carbonyl (C=O) groups excluding carboxylic acids is 2. The maximum Gasteiger partial charge on any atom is 0.333 e. The van der Waals surface area contributed by atoms with Gasteiger partial charge < -0.3 is 10.5 Å². The predicted octanol–water partition coefficient (Wildman–Crippen LogP) is -0.113. The van der Waals surface area contributed by atoms with E-state index >= 15 is 0 Å². The van der Waals surface area contributed by atoms with Crippen LogP contribution in [0.5, 0.6) is 0 Å². The number of allylic oxidation sites excluding steroid dienone is 1. The van der Waals surface area contributed by atoms with Crippen molar-refractivity contribution >= 4 is 11.9 Å². The van der Waals surface area contributed by atoms with Crippen LogP contribution in [0.3, 0.4) is 0 Å². The van der Waals surface area contributed by atoms with Gasteiger partial charge >= 0.3 is 12.3 Å². The first kappa shape index (κ1) is 9.61. The number of carbonyl (C=O) groups is 2. The van der Waals surface area contributed by atoms with Gasteiger partial charge in [-0.25, -0.2) is 4.79 Å². The molecule has 11 heavy (non-hydrogen) atoms. The lowest BCUT2D eigenvalue weighted by molar-refractivity contribution is -0.160. The standard InChI is InChI=1S/C6H8FNO3/c1-2-3-4(9)11-5(7)6(8)10/h2-3,5H,1H3,(H2,8,10)/b3-2+. The fourth-order valence-electron chi connectivity index (χ4n) is 0.335. The van der Waals surface area contributed by atoms with E-state index in [0.29, 0.717) is 0 Å². The molecule has 4 nitrogen and oxygen atoms in total. The molecule has 0 aromatic carbocycles. The highest BCUT2D eigenvalue weighted by molar-refractivity contribution is 5.85. The molecule has 1 unspecified atom stereocenters. The van der Waals surface area contributed by atoms with Gasteiger partial charge in [0.2, 0.25) is 0 Å². The van der Waals surface area contributed by atoms with Gasteiger partial charge in [0.05, 0.1) is 0 Å². The van der Waals surface area contributed by atoms with Crippen molar-refractivity contribution in [2.24, 2.45) is 5.73 Å². The van der Waals surface area contributed by atoms with E-state index in [0.717, 1.165) is 6.08 Å². The summed E-state index contributed by atoms with van der Waals surface area (Å²) in [4.78, 5) is 20.4. The van der Waals surface area contributed by atoms with E-state index in [2.05, 4.69) is 10.5 Å². The van der Waals surface area contributed by atoms with Crippen molar-refractivity contribution in [1.82, 2.24) is 0 Å². The third kappa shape index (κ3) is 4.07. The second-order valence-electron chi connectivity index (χ2n) is 1.66. The number of hydrogen-bond donors (Lipinski definition) is 1. The zero-order chi connectivity index (χ0) is 8.85. The van der Waals surface area contributed by atoms with Crippen molar-refractivity contribution in [1.29, 1.82) is 0 Å². The normalized spacial score (nSPS) is 12.9. The van der Waals surface area contributed by atoms with E-state index in [9.17, 15) is 14.0 Å². The molecule has 0 aromatic rings. The molecule has 0 aliphatic rings. The summed E-state index contributed by atoms with van der Waals surface area (Å²) in [6.45, 7) is 1.55. The minimum atomic E-state index is -2.36. The first-order valence-electron chi connectivity index (χ1n) is 2.84. The highest BCUT2D eigenvalue weighted by atomic mass is 19.1. The molecule has 0 aliphatic carbocycles. The van der Waals surface area contributed by atoms with Crippen LogP contribution in [0.15, 0.2) is 12.2 Å². The number of nitrogens with two attached hydrogens (primary N) is 1. The van der Waals surface area contributed by atoms with Crippen molar-refractivity contribution in [3.05, 3.63) is 12.2 Å². The molecule has 1 atom stereocenters. The molecule has 0 bridgehead atoms. The predicted molar refractivity (Wildman–Crippen MR) is 35.0 cm³/mol. The molecule has 0 fully saturated rings. The Morgan fingerprint density at radius 1 is 1.64 bits per heavy atom. The molecule has 0 saturated carbocycles. The van der Waals surface area contributed by atoms with Crippen molar-refractivity contribution < 1.29 is 18.7 Å². The Labute approximate surface area is 62.8 Å². The number of esters is 1. The van der Waals surface area contributed by atoms with E-state index < -0.39 is 18.2 Å². The maximum absolute atomic E-state index is 12.1. The Kier molecular flexibility index (Phi) is 3.87. The van der Waals surface area contributed by atoms with Crippen LogP contribution in [0.25, 0.3) is 0 Å². The van der Waals surface area contributed by atoms with Gasteiger partial charge in [-0.15, -0.1) is 0 Å². The van der Waals surface area contributed by atoms with Crippen LogP contribution >= 0.6 is 0 Å². The van der Waals surface area contributed by atoms with Crippen LogP contribution in [0.1, 0.15) is 6.92 Å². The van der Waals surface area contributed by atoms with Gasteiger partial charge in [0.1, 0.15) is 0 Å². The Morgan fingerprint density at radius 3 is 2.55 bits per heavy atom. The third-order valence-corrected chi connectivity index (χ3v) is 0.746. The highest BCUT2D eigenvalue weighted by Crippen LogP contribution is 1.93. The first-order chi connectivity index (χ1) is 5.07. The molecule has 0 heterocycles. The number of hydrogen-bond acceptors (Lipinski definition) is 3. The summed E-state index contributed by atoms with van der Waals surface area (Å²) in [7, 11) is 0. The summed E-state index contributed by atoms with van der Waals surface area (Å²) in [5, 5.41) is 0. The average Bonchev–Trinajstić information content (AvgIpc) is 1.87. The fourth-order valence-corrected chi connectivity index (χ4v) is 0.335. The Bertz CT molecular complexity index is 190. The average molecular weight is 161 g/mol. The molecule has 0 rings (SSSR count). The van der Waals surface area contributed by atoms with Gasteiger partial charge in [0.15, 0.2) is 0 Å². The topological polar surface area (TPSA) is 69.4 Å². The maximum atomic E-state index is 12.1. The second kappa shape index (κ2) is 4.43. The van der Waals surface area contributed by atoms with E-state index in [4.69, 9.17) is 0 Å². The van der Waals surface area contributed by atoms with E-state index in [1.54, 1.807) is 6.92 Å². The van der Waals surface area contributed by atoms with Crippen LogP contribution in [0, 0.1) is 0 Å². The number of halogens is 1. The quantitative estimate of drug-likeness (QED) is 0.463. The molecule has 62 valence electrons. The van der Waals surface area contributed by atoms with Crippen LogP contribution < -0.4 is 5.73 Å². The number of alkyl halides is 1. The molecule has 2 N–H and O–H groups in total. The third-order valence-electron chi connectivity index (χ3n) is 0.746. The minimum absolute atomic E-state index is 0.932. The lowest BCUT2D eigenvalue weighted by Crippen LogP contribution is -2.28. The smallest absolute Gasteiger partial charge is 0.333 e. The highest BCUT2D eigenvalue weighted by Gasteiger charge is 2.16. The monoisotopic (exact) mass is 161 g/mol. The molecular formula is C6H8FNO3. The Balaban J connectivity index is 3.85. The van der Waals surface area contributed by atoms with Crippen LogP contribution in [0.2, 0.25) is 0 Å². The number of ether oxygens (including phenoxy) is 1. The summed E-state index contributed by atoms with van der Waals surface area (Å²) in [6.07, 6.45) is -0.0235. The zero-order valence-electron chi connectivity index (χ0n) is 5.91. The molecular weight excluding hydrogens is 153 g/mol. The minimum Gasteiger partial charge on any atom is -0.418 e. The summed E-state index contributed by atoms with van der Waals surface area (Å²) < 4.78 is 16.0. The van der Waals surface area contributed by atoms with Crippen molar-refractivity contribution in [3.8, 4) is 0 Å². The van der Waals surface area contributed by atoms with Crippen molar-refractivity contribution in [3.63, 3.8) is 0 Å². The lowest BCUT2D eigenvalue weighted by atomic mass is 10.5. The summed E-state index contributed by atoms with van der Waals surface area (Å²) in [5.41, 5.74) is 4.47. The molecule has 0 aromatic heterocycles. The van der Waals surface area contributed by atoms with Gasteiger partial charge in [0, 0.05) is 6.08 Å². The van der Waals surface area contributed by atoms with E-state index in [1.807, 2.05) is 0 Å². The molecule has 0 saturated heterocycles. The van der Waals surface area contributed by atoms with Crippen molar-refractivity contribution in [2.75, 3.05) is 0 Å². The Morgan fingerprint density at radius 2 is 2.18 bits per heavy atom. The number of rotatable bonds is 3. The van der Waals surface area contributed by atoms with E-state index in [-0.39, 0.29) is 0 Å². The molecule has 5 heteroatoms. The van der Waals surface area contributed by atoms with Gasteiger partial charge in [-0.05, 0) is 6.92 Å². The van der Waals surface area contributed by atoms with Crippen LogP contribution in [-0.2, 0) is 14.3 Å². The second-order valence-corrected chi connectivity index (χ2v) is 1.66.